The first-order valence-electron chi connectivity index (χ1n) is 7.51. The normalized spacial score (nSPS) is 11.1. The third-order valence-corrected chi connectivity index (χ3v) is 3.29. The summed E-state index contributed by atoms with van der Waals surface area (Å²) in [6.07, 6.45) is -1.09. The van der Waals surface area contributed by atoms with Crippen LogP contribution in [0, 0.1) is 0 Å². The first-order valence-corrected chi connectivity index (χ1v) is 7.51. The van der Waals surface area contributed by atoms with Gasteiger partial charge in [-0.3, -0.25) is 20.4 Å². The Morgan fingerprint density at radius 2 is 1.60 bits per heavy atom. The fourth-order valence-electron chi connectivity index (χ4n) is 1.91. The van der Waals surface area contributed by atoms with Crippen molar-refractivity contribution in [3.8, 4) is 5.75 Å². The molecule has 130 valence electrons. The summed E-state index contributed by atoms with van der Waals surface area (Å²) in [4.78, 5) is 35.8. The summed E-state index contributed by atoms with van der Waals surface area (Å²) in [6.45, 7) is 1.40. The molecule has 1 atom stereocenters. The van der Waals surface area contributed by atoms with Crippen LogP contribution in [-0.4, -0.2) is 31.0 Å². The third-order valence-electron chi connectivity index (χ3n) is 3.29. The number of rotatable bonds is 5. The summed E-state index contributed by atoms with van der Waals surface area (Å²) < 4.78 is 10.1. The molecule has 0 saturated carbocycles. The van der Waals surface area contributed by atoms with Gasteiger partial charge in [-0.1, -0.05) is 24.3 Å². The van der Waals surface area contributed by atoms with Crippen molar-refractivity contribution in [1.82, 2.24) is 10.9 Å². The summed E-state index contributed by atoms with van der Waals surface area (Å²) in [5, 5.41) is 0. The average molecular weight is 342 g/mol. The number of esters is 1. The predicted molar refractivity (Wildman–Crippen MR) is 89.9 cm³/mol. The van der Waals surface area contributed by atoms with Gasteiger partial charge in [0, 0.05) is 5.56 Å². The van der Waals surface area contributed by atoms with Crippen molar-refractivity contribution < 1.29 is 23.9 Å². The molecule has 0 bridgehead atoms. The maximum atomic E-state index is 12.0. The van der Waals surface area contributed by atoms with Crippen molar-refractivity contribution in [3.63, 3.8) is 0 Å². The van der Waals surface area contributed by atoms with E-state index in [0.29, 0.717) is 11.3 Å². The molecule has 0 aliphatic heterocycles. The maximum absolute atomic E-state index is 12.0. The van der Waals surface area contributed by atoms with Gasteiger partial charge in [0.15, 0.2) is 6.10 Å². The van der Waals surface area contributed by atoms with Gasteiger partial charge < -0.3 is 9.47 Å². The largest absolute Gasteiger partial charge is 0.497 e. The van der Waals surface area contributed by atoms with Gasteiger partial charge in [0.1, 0.15) is 5.75 Å². The molecule has 2 aromatic rings. The highest BCUT2D eigenvalue weighted by molar-refractivity contribution is 5.96. The van der Waals surface area contributed by atoms with Crippen molar-refractivity contribution in [1.29, 1.82) is 0 Å². The number of benzene rings is 2. The Bertz CT molecular complexity index is 761. The molecule has 2 amide bonds. The van der Waals surface area contributed by atoms with E-state index in [-0.39, 0.29) is 5.56 Å². The molecule has 2 aromatic carbocycles. The lowest BCUT2D eigenvalue weighted by Gasteiger charge is -2.14. The highest BCUT2D eigenvalue weighted by atomic mass is 16.5. The van der Waals surface area contributed by atoms with Crippen molar-refractivity contribution in [2.45, 2.75) is 13.0 Å². The van der Waals surface area contributed by atoms with Crippen LogP contribution >= 0.6 is 0 Å². The number of hydrogen-bond donors (Lipinski definition) is 2. The van der Waals surface area contributed by atoms with E-state index >= 15 is 0 Å². The molecule has 0 unspecified atom stereocenters. The number of ether oxygens (including phenoxy) is 2. The van der Waals surface area contributed by atoms with E-state index in [1.807, 2.05) is 0 Å². The van der Waals surface area contributed by atoms with Crippen molar-refractivity contribution in [3.05, 3.63) is 65.7 Å². The van der Waals surface area contributed by atoms with E-state index in [1.54, 1.807) is 48.5 Å². The fourth-order valence-corrected chi connectivity index (χ4v) is 1.91. The van der Waals surface area contributed by atoms with Gasteiger partial charge >= 0.3 is 5.97 Å². The lowest BCUT2D eigenvalue weighted by Crippen LogP contribution is -2.46. The Morgan fingerprint density at radius 3 is 2.28 bits per heavy atom. The van der Waals surface area contributed by atoms with Crippen LogP contribution in [0.3, 0.4) is 0 Å². The van der Waals surface area contributed by atoms with Crippen molar-refractivity contribution >= 4 is 17.8 Å². The SMILES string of the molecule is COc1cccc(C(=O)O[C@H](C)C(=O)NNC(=O)c2ccccc2)c1. The monoisotopic (exact) mass is 342 g/mol. The van der Waals surface area contributed by atoms with E-state index in [4.69, 9.17) is 9.47 Å². The summed E-state index contributed by atoms with van der Waals surface area (Å²) in [5.41, 5.74) is 5.13. The van der Waals surface area contributed by atoms with E-state index in [1.165, 1.54) is 20.1 Å². The Morgan fingerprint density at radius 1 is 0.920 bits per heavy atom. The molecule has 0 fully saturated rings. The van der Waals surface area contributed by atoms with Crippen LogP contribution in [0.4, 0.5) is 0 Å². The van der Waals surface area contributed by atoms with Gasteiger partial charge in [0.2, 0.25) is 0 Å². The molecule has 0 heterocycles. The molecule has 2 rings (SSSR count). The number of hydrazine groups is 1. The van der Waals surface area contributed by atoms with E-state index in [9.17, 15) is 14.4 Å². The first kappa shape index (κ1) is 18.0. The van der Waals surface area contributed by atoms with Gasteiger partial charge in [-0.05, 0) is 37.3 Å². The summed E-state index contributed by atoms with van der Waals surface area (Å²) in [5.74, 6) is -1.29. The number of carbonyl (C=O) groups excluding carboxylic acids is 3. The first-order chi connectivity index (χ1) is 12.0. The zero-order chi connectivity index (χ0) is 18.2. The van der Waals surface area contributed by atoms with Gasteiger partial charge in [-0.15, -0.1) is 0 Å². The molecule has 25 heavy (non-hydrogen) atoms. The quantitative estimate of drug-likeness (QED) is 0.637. The molecule has 0 saturated heterocycles. The number of methoxy groups -OCH3 is 1. The van der Waals surface area contributed by atoms with Gasteiger partial charge in [0.25, 0.3) is 11.8 Å². The smallest absolute Gasteiger partial charge is 0.339 e. The minimum absolute atomic E-state index is 0.257. The molecule has 7 nitrogen and oxygen atoms in total. The van der Waals surface area contributed by atoms with Gasteiger partial charge in [-0.2, -0.15) is 0 Å². The Hall–Kier alpha value is -3.35. The van der Waals surface area contributed by atoms with Gasteiger partial charge in [-0.25, -0.2) is 4.79 Å². The molecule has 2 N–H and O–H groups in total. The van der Waals surface area contributed by atoms with Crippen LogP contribution in [0.25, 0.3) is 0 Å². The topological polar surface area (TPSA) is 93.7 Å². The zero-order valence-electron chi connectivity index (χ0n) is 13.8. The third kappa shape index (κ3) is 5.07. The molecule has 0 spiro atoms. The Kier molecular flexibility index (Phi) is 6.11. The van der Waals surface area contributed by atoms with E-state index in [2.05, 4.69) is 10.9 Å². The second-order valence-corrected chi connectivity index (χ2v) is 5.09. The van der Waals surface area contributed by atoms with Crippen LogP contribution < -0.4 is 15.6 Å². The Balaban J connectivity index is 1.87. The lowest BCUT2D eigenvalue weighted by molar-refractivity contribution is -0.129. The van der Waals surface area contributed by atoms with Crippen LogP contribution in [-0.2, 0) is 9.53 Å². The maximum Gasteiger partial charge on any atom is 0.339 e. The van der Waals surface area contributed by atoms with Crippen LogP contribution in [0.15, 0.2) is 54.6 Å². The zero-order valence-corrected chi connectivity index (χ0v) is 13.8. The van der Waals surface area contributed by atoms with E-state index in [0.717, 1.165) is 0 Å². The lowest BCUT2D eigenvalue weighted by atomic mass is 10.2. The summed E-state index contributed by atoms with van der Waals surface area (Å²) in [6, 6.07) is 14.8. The Labute approximate surface area is 144 Å². The predicted octanol–water partition coefficient (Wildman–Crippen LogP) is 1.70. The van der Waals surface area contributed by atoms with Crippen LogP contribution in [0.2, 0.25) is 0 Å². The van der Waals surface area contributed by atoms with Crippen molar-refractivity contribution in [2.75, 3.05) is 7.11 Å². The molecular weight excluding hydrogens is 324 g/mol. The van der Waals surface area contributed by atoms with E-state index < -0.39 is 23.9 Å². The molecule has 0 aromatic heterocycles. The van der Waals surface area contributed by atoms with Crippen LogP contribution in [0.1, 0.15) is 27.6 Å². The second kappa shape index (κ2) is 8.49. The molecule has 0 radical (unpaired) electrons. The standard InChI is InChI=1S/C18H18N2O5/c1-12(25-18(23)14-9-6-10-15(11-14)24-2)16(21)19-20-17(22)13-7-4-3-5-8-13/h3-12H,1-2H3,(H,19,21)(H,20,22)/t12-/m1/s1. The average Bonchev–Trinajstić information content (AvgIpc) is 2.66. The number of hydrogen-bond acceptors (Lipinski definition) is 5. The molecule has 0 aliphatic rings. The fraction of sp³-hybridized carbons (Fsp3) is 0.167. The number of amides is 2. The summed E-state index contributed by atoms with van der Waals surface area (Å²) >= 11 is 0. The summed E-state index contributed by atoms with van der Waals surface area (Å²) in [7, 11) is 1.48. The molecular formula is C18H18N2O5. The number of carbonyl (C=O) groups is 3. The number of nitrogens with one attached hydrogen (secondary N) is 2. The minimum Gasteiger partial charge on any atom is -0.497 e. The second-order valence-electron chi connectivity index (χ2n) is 5.09. The van der Waals surface area contributed by atoms with Gasteiger partial charge in [0.05, 0.1) is 12.7 Å². The molecule has 7 heteroatoms. The highest BCUT2D eigenvalue weighted by Gasteiger charge is 2.19. The van der Waals surface area contributed by atoms with Crippen LogP contribution in [0.5, 0.6) is 5.75 Å². The minimum atomic E-state index is -1.09. The molecule has 0 aliphatic carbocycles. The highest BCUT2D eigenvalue weighted by Crippen LogP contribution is 2.14. The van der Waals surface area contributed by atoms with Crippen molar-refractivity contribution in [2.24, 2.45) is 0 Å².